The Hall–Kier alpha value is -4.19. The van der Waals surface area contributed by atoms with Crippen LogP contribution in [0.5, 0.6) is 0 Å². The van der Waals surface area contributed by atoms with Crippen molar-refractivity contribution in [2.24, 2.45) is 0 Å². The highest BCUT2D eigenvalue weighted by Gasteiger charge is 2.15. The fourth-order valence-corrected chi connectivity index (χ4v) is 3.48. The van der Waals surface area contributed by atoms with E-state index in [4.69, 9.17) is 4.98 Å². The lowest BCUT2D eigenvalue weighted by molar-refractivity contribution is 0.628. The number of nitrogens with zero attached hydrogens (tertiary/aromatic N) is 2. The first-order valence-electron chi connectivity index (χ1n) is 9.49. The smallest absolute Gasteiger partial charge is 0.158 e. The average molecular weight is 395 g/mol. The monoisotopic (exact) mass is 395 g/mol. The number of H-pyrrole nitrogens is 2. The lowest BCUT2D eigenvalue weighted by Crippen LogP contribution is -1.98. The molecule has 0 saturated carbocycles. The van der Waals surface area contributed by atoms with Gasteiger partial charge in [-0.25, -0.2) is 9.37 Å². The Morgan fingerprint density at radius 2 is 1.80 bits per heavy atom. The van der Waals surface area contributed by atoms with Gasteiger partial charge in [0.1, 0.15) is 11.5 Å². The standard InChI is InChI=1S/C24H18FN5/c1-15(16-7-3-2-4-8-16)27-21-14-26-30-23(21)24-28-20-12-6-11-19(22(20)29-24)17-9-5-10-18(25)13-17/h2-14,27H,1H2,(H,26,30)(H,28,29). The topological polar surface area (TPSA) is 69.4 Å². The lowest BCUT2D eigenvalue weighted by atomic mass is 10.0. The van der Waals surface area contributed by atoms with Crippen molar-refractivity contribution in [3.63, 3.8) is 0 Å². The summed E-state index contributed by atoms with van der Waals surface area (Å²) < 4.78 is 13.7. The number of hydrogen-bond acceptors (Lipinski definition) is 3. The first-order chi connectivity index (χ1) is 14.7. The molecule has 0 unspecified atom stereocenters. The van der Waals surface area contributed by atoms with Crippen LogP contribution in [0.1, 0.15) is 5.56 Å². The molecule has 0 atom stereocenters. The quantitative estimate of drug-likeness (QED) is 0.350. The van der Waals surface area contributed by atoms with Crippen LogP contribution in [-0.2, 0) is 0 Å². The van der Waals surface area contributed by atoms with Crippen LogP contribution in [0.15, 0.2) is 85.6 Å². The van der Waals surface area contributed by atoms with Gasteiger partial charge in [0.05, 0.1) is 22.9 Å². The number of aromatic nitrogens is 4. The van der Waals surface area contributed by atoms with E-state index in [-0.39, 0.29) is 5.82 Å². The van der Waals surface area contributed by atoms with Gasteiger partial charge in [-0.1, -0.05) is 61.2 Å². The minimum absolute atomic E-state index is 0.278. The van der Waals surface area contributed by atoms with E-state index in [9.17, 15) is 4.39 Å². The Kier molecular flexibility index (Phi) is 4.37. The van der Waals surface area contributed by atoms with Gasteiger partial charge in [0.15, 0.2) is 5.82 Å². The number of fused-ring (bicyclic) bond motifs is 1. The molecule has 0 aliphatic carbocycles. The second kappa shape index (κ2) is 7.33. The second-order valence-electron chi connectivity index (χ2n) is 6.93. The third-order valence-electron chi connectivity index (χ3n) is 4.93. The van der Waals surface area contributed by atoms with Crippen LogP contribution in [-0.4, -0.2) is 20.2 Å². The van der Waals surface area contributed by atoms with E-state index in [1.165, 1.54) is 12.1 Å². The van der Waals surface area contributed by atoms with Crippen molar-refractivity contribution in [2.45, 2.75) is 0 Å². The molecule has 0 amide bonds. The van der Waals surface area contributed by atoms with Gasteiger partial charge in [-0.2, -0.15) is 5.10 Å². The maximum Gasteiger partial charge on any atom is 0.158 e. The minimum atomic E-state index is -0.278. The molecule has 3 N–H and O–H groups in total. The van der Waals surface area contributed by atoms with Crippen LogP contribution < -0.4 is 5.32 Å². The van der Waals surface area contributed by atoms with Crippen LogP contribution in [0.2, 0.25) is 0 Å². The molecule has 3 aromatic carbocycles. The highest BCUT2D eigenvalue weighted by Crippen LogP contribution is 2.32. The molecule has 0 aliphatic rings. The van der Waals surface area contributed by atoms with E-state index in [1.807, 2.05) is 54.6 Å². The molecule has 0 bridgehead atoms. The van der Waals surface area contributed by atoms with Gasteiger partial charge in [0, 0.05) is 11.3 Å². The zero-order valence-electron chi connectivity index (χ0n) is 16.0. The Bertz CT molecular complexity index is 1350. The van der Waals surface area contributed by atoms with Crippen LogP contribution in [0.25, 0.3) is 39.4 Å². The van der Waals surface area contributed by atoms with Crippen LogP contribution in [0.3, 0.4) is 0 Å². The first kappa shape index (κ1) is 17.9. The number of para-hydroxylation sites is 1. The summed E-state index contributed by atoms with van der Waals surface area (Å²) >= 11 is 0. The Balaban J connectivity index is 1.53. The molecular weight excluding hydrogens is 377 g/mol. The van der Waals surface area contributed by atoms with Gasteiger partial charge >= 0.3 is 0 Å². The maximum absolute atomic E-state index is 13.7. The summed E-state index contributed by atoms with van der Waals surface area (Å²) in [6.45, 7) is 4.12. The van der Waals surface area contributed by atoms with Gasteiger partial charge in [-0.15, -0.1) is 0 Å². The third kappa shape index (κ3) is 3.24. The van der Waals surface area contributed by atoms with Gasteiger partial charge in [0.25, 0.3) is 0 Å². The minimum Gasteiger partial charge on any atom is -0.352 e. The Morgan fingerprint density at radius 3 is 2.63 bits per heavy atom. The van der Waals surface area contributed by atoms with Crippen LogP contribution in [0.4, 0.5) is 10.1 Å². The number of anilines is 1. The Labute approximate surface area is 172 Å². The molecule has 2 aromatic heterocycles. The average Bonchev–Trinajstić information content (AvgIpc) is 3.40. The van der Waals surface area contributed by atoms with Crippen molar-refractivity contribution in [3.05, 3.63) is 97.0 Å². The molecule has 5 rings (SSSR count). The van der Waals surface area contributed by atoms with E-state index in [0.717, 1.165) is 39.1 Å². The van der Waals surface area contributed by atoms with E-state index >= 15 is 0 Å². The van der Waals surface area contributed by atoms with Crippen molar-refractivity contribution in [2.75, 3.05) is 5.32 Å². The van der Waals surface area contributed by atoms with Gasteiger partial charge < -0.3 is 10.3 Å². The van der Waals surface area contributed by atoms with E-state index < -0.39 is 0 Å². The summed E-state index contributed by atoms with van der Waals surface area (Å²) in [7, 11) is 0. The predicted octanol–water partition coefficient (Wildman–Crippen LogP) is 5.84. The van der Waals surface area contributed by atoms with E-state index in [2.05, 4.69) is 27.1 Å². The van der Waals surface area contributed by atoms with Gasteiger partial charge in [-0.3, -0.25) is 5.10 Å². The van der Waals surface area contributed by atoms with E-state index in [0.29, 0.717) is 11.5 Å². The number of nitrogens with one attached hydrogen (secondary N) is 3. The fraction of sp³-hybridized carbons (Fsp3) is 0. The fourth-order valence-electron chi connectivity index (χ4n) is 3.48. The van der Waals surface area contributed by atoms with Crippen molar-refractivity contribution in [3.8, 4) is 22.6 Å². The third-order valence-corrected chi connectivity index (χ3v) is 4.93. The summed E-state index contributed by atoms with van der Waals surface area (Å²) in [5.74, 6) is 0.356. The molecular formula is C24H18FN5. The Morgan fingerprint density at radius 1 is 0.967 bits per heavy atom. The molecule has 5 aromatic rings. The predicted molar refractivity (Wildman–Crippen MR) is 118 cm³/mol. The maximum atomic E-state index is 13.7. The van der Waals surface area contributed by atoms with Crippen LogP contribution in [0, 0.1) is 5.82 Å². The van der Waals surface area contributed by atoms with Gasteiger partial charge in [0.2, 0.25) is 0 Å². The molecule has 0 spiro atoms. The lowest BCUT2D eigenvalue weighted by Gasteiger charge is -2.09. The number of imidazole rings is 1. The molecule has 30 heavy (non-hydrogen) atoms. The SMILES string of the molecule is C=C(Nc1cn[nH]c1-c1nc2c(-c3cccc(F)c3)cccc2[nH]1)c1ccccc1. The zero-order chi connectivity index (χ0) is 20.5. The molecule has 5 nitrogen and oxygen atoms in total. The zero-order valence-corrected chi connectivity index (χ0v) is 16.0. The highest BCUT2D eigenvalue weighted by atomic mass is 19.1. The highest BCUT2D eigenvalue weighted by molar-refractivity contribution is 5.94. The number of aromatic amines is 2. The molecule has 0 aliphatic heterocycles. The largest absolute Gasteiger partial charge is 0.352 e. The van der Waals surface area contributed by atoms with Crippen molar-refractivity contribution >= 4 is 22.4 Å². The van der Waals surface area contributed by atoms with Crippen molar-refractivity contribution < 1.29 is 4.39 Å². The molecule has 6 heteroatoms. The summed E-state index contributed by atoms with van der Waals surface area (Å²) in [4.78, 5) is 8.11. The van der Waals surface area contributed by atoms with E-state index in [1.54, 1.807) is 12.3 Å². The molecule has 146 valence electrons. The number of halogens is 1. The van der Waals surface area contributed by atoms with Crippen molar-refractivity contribution in [1.82, 2.24) is 20.2 Å². The van der Waals surface area contributed by atoms with Crippen molar-refractivity contribution in [1.29, 1.82) is 0 Å². The van der Waals surface area contributed by atoms with Crippen LogP contribution >= 0.6 is 0 Å². The van der Waals surface area contributed by atoms with Gasteiger partial charge in [-0.05, 0) is 29.3 Å². The summed E-state index contributed by atoms with van der Waals surface area (Å²) in [5, 5.41) is 10.5. The number of rotatable bonds is 5. The number of hydrogen-bond donors (Lipinski definition) is 3. The summed E-state index contributed by atoms with van der Waals surface area (Å²) in [5.41, 5.74) is 6.48. The summed E-state index contributed by atoms with van der Waals surface area (Å²) in [6.07, 6.45) is 1.70. The normalized spacial score (nSPS) is 11.0. The molecule has 0 saturated heterocycles. The number of benzene rings is 3. The molecule has 0 fully saturated rings. The first-order valence-corrected chi connectivity index (χ1v) is 9.49. The molecule has 2 heterocycles. The molecule has 0 radical (unpaired) electrons. The second-order valence-corrected chi connectivity index (χ2v) is 6.93. The summed E-state index contributed by atoms with van der Waals surface area (Å²) in [6, 6.07) is 22.2.